The van der Waals surface area contributed by atoms with E-state index in [0.29, 0.717) is 22.9 Å². The Morgan fingerprint density at radius 2 is 2.05 bits per heavy atom. The molecular formula is C14H15FN2OS. The first kappa shape index (κ1) is 13.8. The minimum absolute atomic E-state index is 0.263. The van der Waals surface area contributed by atoms with Gasteiger partial charge >= 0.3 is 0 Å². The fraction of sp³-hybridized carbons (Fsp3) is 0.214. The lowest BCUT2D eigenvalue weighted by molar-refractivity contribution is 0.200. The lowest BCUT2D eigenvalue weighted by atomic mass is 10.1. The van der Waals surface area contributed by atoms with Crippen molar-refractivity contribution < 1.29 is 9.50 Å². The molecule has 0 aliphatic heterocycles. The van der Waals surface area contributed by atoms with Crippen LogP contribution < -0.4 is 5.73 Å². The maximum atomic E-state index is 13.4. The molecule has 0 spiro atoms. The molecule has 2 rings (SSSR count). The Labute approximate surface area is 115 Å². The molecule has 0 amide bonds. The van der Waals surface area contributed by atoms with Gasteiger partial charge in [-0.3, -0.25) is 0 Å². The number of aromatic nitrogens is 1. The van der Waals surface area contributed by atoms with Gasteiger partial charge in [0.15, 0.2) is 0 Å². The van der Waals surface area contributed by atoms with Crippen LogP contribution in [0.1, 0.15) is 5.56 Å². The molecule has 3 nitrogen and oxygen atoms in total. The van der Waals surface area contributed by atoms with Crippen LogP contribution in [0.3, 0.4) is 0 Å². The Bertz CT molecular complexity index is 550. The second-order valence-electron chi connectivity index (χ2n) is 4.15. The summed E-state index contributed by atoms with van der Waals surface area (Å²) in [6.07, 6.45) is 1.44. The second kappa shape index (κ2) is 6.54. The SMILES string of the molecule is Nc1ncccc1CC(O)CSc1ccccc1F. The van der Waals surface area contributed by atoms with E-state index in [1.807, 2.05) is 6.07 Å². The minimum Gasteiger partial charge on any atom is -0.392 e. The van der Waals surface area contributed by atoms with Crippen LogP contribution in [-0.4, -0.2) is 21.9 Å². The Morgan fingerprint density at radius 1 is 1.26 bits per heavy atom. The van der Waals surface area contributed by atoms with E-state index < -0.39 is 6.10 Å². The number of nitrogens with zero attached hydrogens (tertiary/aromatic N) is 1. The number of nitrogen functional groups attached to an aromatic ring is 1. The van der Waals surface area contributed by atoms with Crippen molar-refractivity contribution in [1.82, 2.24) is 4.98 Å². The molecule has 2 aromatic rings. The van der Waals surface area contributed by atoms with Crippen molar-refractivity contribution in [1.29, 1.82) is 0 Å². The summed E-state index contributed by atoms with van der Waals surface area (Å²) in [6.45, 7) is 0. The van der Waals surface area contributed by atoms with Crippen LogP contribution in [0.2, 0.25) is 0 Å². The number of aliphatic hydroxyl groups is 1. The molecule has 0 fully saturated rings. The van der Waals surface area contributed by atoms with Crippen LogP contribution in [0.15, 0.2) is 47.5 Å². The van der Waals surface area contributed by atoms with Gasteiger partial charge in [0.05, 0.1) is 6.10 Å². The van der Waals surface area contributed by atoms with Gasteiger partial charge in [-0.15, -0.1) is 11.8 Å². The van der Waals surface area contributed by atoms with E-state index >= 15 is 0 Å². The lowest BCUT2D eigenvalue weighted by Crippen LogP contribution is -2.15. The number of halogens is 1. The molecule has 1 aromatic carbocycles. The van der Waals surface area contributed by atoms with Gasteiger partial charge in [-0.05, 0) is 23.8 Å². The number of thioether (sulfide) groups is 1. The topological polar surface area (TPSA) is 59.1 Å². The van der Waals surface area contributed by atoms with Crippen LogP contribution in [0.4, 0.5) is 10.2 Å². The molecule has 0 aliphatic carbocycles. The van der Waals surface area contributed by atoms with Crippen LogP contribution in [0.25, 0.3) is 0 Å². The van der Waals surface area contributed by atoms with Crippen molar-refractivity contribution in [3.05, 3.63) is 54.0 Å². The first-order valence-corrected chi connectivity index (χ1v) is 6.90. The number of rotatable bonds is 5. The van der Waals surface area contributed by atoms with Gasteiger partial charge in [0.1, 0.15) is 11.6 Å². The molecule has 0 radical (unpaired) electrons. The first-order valence-electron chi connectivity index (χ1n) is 5.91. The zero-order chi connectivity index (χ0) is 13.7. The number of pyridine rings is 1. The third-order valence-corrected chi connectivity index (χ3v) is 3.84. The van der Waals surface area contributed by atoms with Crippen LogP contribution in [0.5, 0.6) is 0 Å². The monoisotopic (exact) mass is 278 g/mol. The standard InChI is InChI=1S/C14H15FN2OS/c15-12-5-1-2-6-13(12)19-9-11(18)8-10-4-3-7-17-14(10)16/h1-7,11,18H,8-9H2,(H2,16,17). The Morgan fingerprint density at radius 3 is 2.79 bits per heavy atom. The number of benzene rings is 1. The van der Waals surface area contributed by atoms with E-state index in [9.17, 15) is 9.50 Å². The third kappa shape index (κ3) is 3.94. The molecular weight excluding hydrogens is 263 g/mol. The summed E-state index contributed by atoms with van der Waals surface area (Å²) in [5, 5.41) is 9.95. The van der Waals surface area contributed by atoms with Crippen molar-refractivity contribution in [3.8, 4) is 0 Å². The molecule has 1 atom stereocenters. The fourth-order valence-corrected chi connectivity index (χ4v) is 2.55. The Balaban J connectivity index is 1.90. The second-order valence-corrected chi connectivity index (χ2v) is 5.21. The number of aliphatic hydroxyl groups excluding tert-OH is 1. The predicted molar refractivity (Wildman–Crippen MR) is 75.5 cm³/mol. The maximum Gasteiger partial charge on any atom is 0.136 e. The molecule has 0 saturated carbocycles. The summed E-state index contributed by atoms with van der Waals surface area (Å²) in [5.74, 6) is 0.577. The largest absolute Gasteiger partial charge is 0.392 e. The number of hydrogen-bond donors (Lipinski definition) is 2. The molecule has 3 N–H and O–H groups in total. The van der Waals surface area contributed by atoms with Crippen molar-refractivity contribution in [2.75, 3.05) is 11.5 Å². The molecule has 1 aromatic heterocycles. The molecule has 0 aliphatic rings. The number of hydrogen-bond acceptors (Lipinski definition) is 4. The first-order chi connectivity index (χ1) is 9.16. The number of nitrogens with two attached hydrogens (primary N) is 1. The molecule has 5 heteroatoms. The number of anilines is 1. The van der Waals surface area contributed by atoms with Gasteiger partial charge in [-0.2, -0.15) is 0 Å². The molecule has 19 heavy (non-hydrogen) atoms. The predicted octanol–water partition coefficient (Wildman–Crippen LogP) is 2.50. The van der Waals surface area contributed by atoms with Gasteiger partial charge in [0, 0.05) is 23.3 Å². The lowest BCUT2D eigenvalue weighted by Gasteiger charge is -2.11. The van der Waals surface area contributed by atoms with Crippen molar-refractivity contribution >= 4 is 17.6 Å². The highest BCUT2D eigenvalue weighted by Gasteiger charge is 2.10. The normalized spacial score (nSPS) is 12.3. The summed E-state index contributed by atoms with van der Waals surface area (Å²) in [7, 11) is 0. The Hall–Kier alpha value is -1.59. The van der Waals surface area contributed by atoms with E-state index in [2.05, 4.69) is 4.98 Å². The molecule has 1 heterocycles. The quantitative estimate of drug-likeness (QED) is 0.825. The highest BCUT2D eigenvalue weighted by atomic mass is 32.2. The van der Waals surface area contributed by atoms with Crippen LogP contribution in [0, 0.1) is 5.82 Å². The fourth-order valence-electron chi connectivity index (χ4n) is 1.68. The summed E-state index contributed by atoms with van der Waals surface area (Å²) < 4.78 is 13.4. The van der Waals surface area contributed by atoms with E-state index in [-0.39, 0.29) is 5.82 Å². The summed E-state index contributed by atoms with van der Waals surface area (Å²) in [6, 6.07) is 10.1. The van der Waals surface area contributed by atoms with E-state index in [1.54, 1.807) is 30.5 Å². The zero-order valence-electron chi connectivity index (χ0n) is 10.3. The molecule has 1 unspecified atom stereocenters. The van der Waals surface area contributed by atoms with E-state index in [1.165, 1.54) is 17.8 Å². The van der Waals surface area contributed by atoms with Crippen molar-refractivity contribution in [3.63, 3.8) is 0 Å². The summed E-state index contributed by atoms with van der Waals surface area (Å²) >= 11 is 1.29. The van der Waals surface area contributed by atoms with E-state index in [4.69, 9.17) is 5.73 Å². The smallest absolute Gasteiger partial charge is 0.136 e. The van der Waals surface area contributed by atoms with Crippen LogP contribution >= 0.6 is 11.8 Å². The van der Waals surface area contributed by atoms with Gasteiger partial charge in [0.25, 0.3) is 0 Å². The molecule has 100 valence electrons. The van der Waals surface area contributed by atoms with Gasteiger partial charge < -0.3 is 10.8 Å². The van der Waals surface area contributed by atoms with Crippen molar-refractivity contribution in [2.24, 2.45) is 0 Å². The van der Waals surface area contributed by atoms with Gasteiger partial charge in [0.2, 0.25) is 0 Å². The average molecular weight is 278 g/mol. The molecule has 0 saturated heterocycles. The summed E-state index contributed by atoms with van der Waals surface area (Å²) in [5.41, 5.74) is 6.52. The van der Waals surface area contributed by atoms with Gasteiger partial charge in [-0.1, -0.05) is 18.2 Å². The highest BCUT2D eigenvalue weighted by Crippen LogP contribution is 2.23. The maximum absolute atomic E-state index is 13.4. The van der Waals surface area contributed by atoms with Crippen molar-refractivity contribution in [2.45, 2.75) is 17.4 Å². The highest BCUT2D eigenvalue weighted by molar-refractivity contribution is 7.99. The molecule has 0 bridgehead atoms. The Kier molecular flexibility index (Phi) is 4.76. The van der Waals surface area contributed by atoms with Crippen LogP contribution in [-0.2, 0) is 6.42 Å². The summed E-state index contributed by atoms with van der Waals surface area (Å²) in [4.78, 5) is 4.51. The van der Waals surface area contributed by atoms with Gasteiger partial charge in [-0.25, -0.2) is 9.37 Å². The third-order valence-electron chi connectivity index (χ3n) is 2.65. The zero-order valence-corrected chi connectivity index (χ0v) is 11.1. The van der Waals surface area contributed by atoms with E-state index in [0.717, 1.165) is 5.56 Å². The average Bonchev–Trinajstić information content (AvgIpc) is 2.40. The minimum atomic E-state index is -0.587.